The summed E-state index contributed by atoms with van der Waals surface area (Å²) in [6, 6.07) is 5.12. The molecule has 0 radical (unpaired) electrons. The van der Waals surface area contributed by atoms with Crippen molar-refractivity contribution < 1.29 is 22.7 Å². The van der Waals surface area contributed by atoms with Crippen LogP contribution in [0.3, 0.4) is 0 Å². The highest BCUT2D eigenvalue weighted by molar-refractivity contribution is 5.77. The molecular formula is C20H18F3N3O2. The van der Waals surface area contributed by atoms with Crippen LogP contribution in [-0.2, 0) is 6.61 Å². The van der Waals surface area contributed by atoms with Gasteiger partial charge in [-0.15, -0.1) is 5.10 Å². The summed E-state index contributed by atoms with van der Waals surface area (Å²) in [6.45, 7) is 3.71. The van der Waals surface area contributed by atoms with Crippen LogP contribution >= 0.6 is 0 Å². The SMILES string of the molecule is Cc1cc(OCc2nn(C3=CCC=C(C(F)(F)F)C=C3)nc2C)ccc1C=O. The second kappa shape index (κ2) is 7.84. The molecule has 5 nitrogen and oxygen atoms in total. The molecule has 2 aromatic rings. The second-order valence-electron chi connectivity index (χ2n) is 6.30. The predicted molar refractivity (Wildman–Crippen MR) is 97.8 cm³/mol. The van der Waals surface area contributed by atoms with Crippen LogP contribution in [0.1, 0.15) is 33.7 Å². The van der Waals surface area contributed by atoms with Crippen molar-refractivity contribution in [3.8, 4) is 5.75 Å². The lowest BCUT2D eigenvalue weighted by Crippen LogP contribution is -2.09. The number of allylic oxidation sites excluding steroid dienone is 6. The molecule has 1 heterocycles. The minimum Gasteiger partial charge on any atom is -0.487 e. The first-order valence-electron chi connectivity index (χ1n) is 8.55. The Bertz CT molecular complexity index is 985. The van der Waals surface area contributed by atoms with Crippen LogP contribution in [0, 0.1) is 13.8 Å². The number of benzene rings is 1. The first-order chi connectivity index (χ1) is 13.3. The first kappa shape index (κ1) is 19.6. The lowest BCUT2D eigenvalue weighted by atomic mass is 10.1. The Balaban J connectivity index is 1.72. The van der Waals surface area contributed by atoms with E-state index in [-0.39, 0.29) is 13.0 Å². The van der Waals surface area contributed by atoms with Gasteiger partial charge >= 0.3 is 6.18 Å². The third-order valence-electron chi connectivity index (χ3n) is 4.28. The van der Waals surface area contributed by atoms with Gasteiger partial charge < -0.3 is 4.74 Å². The molecule has 0 amide bonds. The number of halogens is 3. The average molecular weight is 389 g/mol. The van der Waals surface area contributed by atoms with Crippen molar-refractivity contribution in [3.63, 3.8) is 0 Å². The Labute approximate surface area is 159 Å². The van der Waals surface area contributed by atoms with Gasteiger partial charge in [0.2, 0.25) is 0 Å². The van der Waals surface area contributed by atoms with Gasteiger partial charge in [0.25, 0.3) is 0 Å². The van der Waals surface area contributed by atoms with E-state index in [9.17, 15) is 18.0 Å². The quantitative estimate of drug-likeness (QED) is 0.703. The number of aryl methyl sites for hydroxylation is 2. The summed E-state index contributed by atoms with van der Waals surface area (Å²) in [5, 5.41) is 8.61. The molecule has 0 bridgehead atoms. The van der Waals surface area contributed by atoms with Crippen molar-refractivity contribution in [1.29, 1.82) is 0 Å². The van der Waals surface area contributed by atoms with E-state index in [0.29, 0.717) is 28.4 Å². The fourth-order valence-corrected chi connectivity index (χ4v) is 2.66. The third-order valence-corrected chi connectivity index (χ3v) is 4.28. The summed E-state index contributed by atoms with van der Waals surface area (Å²) in [5.74, 6) is 0.588. The van der Waals surface area contributed by atoms with Crippen molar-refractivity contribution in [2.75, 3.05) is 0 Å². The molecule has 0 spiro atoms. The summed E-state index contributed by atoms with van der Waals surface area (Å²) in [4.78, 5) is 12.2. The molecule has 0 saturated carbocycles. The van der Waals surface area contributed by atoms with E-state index in [0.717, 1.165) is 24.0 Å². The zero-order chi connectivity index (χ0) is 20.3. The van der Waals surface area contributed by atoms with Crippen LogP contribution < -0.4 is 4.74 Å². The molecule has 3 rings (SSSR count). The van der Waals surface area contributed by atoms with E-state index in [4.69, 9.17) is 4.74 Å². The standard InChI is InChI=1S/C20H18F3N3O2/c1-13-10-18(9-6-15(13)11-27)28-12-19-14(2)24-26(25-19)17-5-3-4-16(7-8-17)20(21,22)23/h4-11H,3,12H2,1-2H3. The summed E-state index contributed by atoms with van der Waals surface area (Å²) in [6.07, 6.45) is 1.64. The van der Waals surface area contributed by atoms with Crippen molar-refractivity contribution in [2.24, 2.45) is 0 Å². The predicted octanol–water partition coefficient (Wildman–Crippen LogP) is 4.58. The van der Waals surface area contributed by atoms with Gasteiger partial charge in [0.15, 0.2) is 0 Å². The van der Waals surface area contributed by atoms with Crippen LogP contribution in [0.5, 0.6) is 5.75 Å². The van der Waals surface area contributed by atoms with E-state index < -0.39 is 11.7 Å². The van der Waals surface area contributed by atoms with Gasteiger partial charge in [0, 0.05) is 5.56 Å². The highest BCUT2D eigenvalue weighted by atomic mass is 19.4. The highest BCUT2D eigenvalue weighted by Gasteiger charge is 2.31. The van der Waals surface area contributed by atoms with Gasteiger partial charge in [-0.3, -0.25) is 4.79 Å². The minimum atomic E-state index is -4.39. The van der Waals surface area contributed by atoms with Gasteiger partial charge in [-0.2, -0.15) is 23.1 Å². The molecule has 1 aromatic carbocycles. The molecule has 1 aliphatic rings. The average Bonchev–Trinajstić information content (AvgIpc) is 2.84. The molecule has 0 unspecified atom stereocenters. The van der Waals surface area contributed by atoms with Crippen LogP contribution in [0.15, 0.2) is 48.1 Å². The van der Waals surface area contributed by atoms with E-state index in [1.54, 1.807) is 31.2 Å². The lowest BCUT2D eigenvalue weighted by Gasteiger charge is -2.06. The maximum Gasteiger partial charge on any atom is 0.416 e. The zero-order valence-corrected chi connectivity index (χ0v) is 15.3. The zero-order valence-electron chi connectivity index (χ0n) is 15.3. The molecule has 0 saturated heterocycles. The highest BCUT2D eigenvalue weighted by Crippen LogP contribution is 2.29. The topological polar surface area (TPSA) is 57.0 Å². The smallest absolute Gasteiger partial charge is 0.416 e. The summed E-state index contributed by atoms with van der Waals surface area (Å²) in [7, 11) is 0. The van der Waals surface area contributed by atoms with Crippen molar-refractivity contribution >= 4 is 12.0 Å². The Kier molecular flexibility index (Phi) is 5.48. The van der Waals surface area contributed by atoms with Gasteiger partial charge in [0.05, 0.1) is 17.0 Å². The van der Waals surface area contributed by atoms with Crippen molar-refractivity contribution in [3.05, 3.63) is 70.6 Å². The number of hydrogen-bond acceptors (Lipinski definition) is 4. The number of ether oxygens (including phenoxy) is 1. The van der Waals surface area contributed by atoms with Crippen LogP contribution in [0.25, 0.3) is 5.70 Å². The summed E-state index contributed by atoms with van der Waals surface area (Å²) in [5.41, 5.74) is 2.34. The van der Waals surface area contributed by atoms with Crippen molar-refractivity contribution in [2.45, 2.75) is 33.1 Å². The molecule has 8 heteroatoms. The molecular weight excluding hydrogens is 371 g/mol. The number of rotatable bonds is 5. The number of aromatic nitrogens is 3. The Morgan fingerprint density at radius 2 is 1.96 bits per heavy atom. The molecule has 0 N–H and O–H groups in total. The number of carbonyl (C=O) groups excluding carboxylic acids is 1. The molecule has 0 fully saturated rings. The van der Waals surface area contributed by atoms with Crippen LogP contribution in [0.2, 0.25) is 0 Å². The molecule has 0 aliphatic heterocycles. The monoisotopic (exact) mass is 389 g/mol. The van der Waals surface area contributed by atoms with Gasteiger partial charge in [0.1, 0.15) is 24.3 Å². The minimum absolute atomic E-state index is 0.131. The Morgan fingerprint density at radius 3 is 2.64 bits per heavy atom. The number of carbonyl (C=O) groups is 1. The van der Waals surface area contributed by atoms with Crippen molar-refractivity contribution in [1.82, 2.24) is 15.0 Å². The van der Waals surface area contributed by atoms with E-state index in [2.05, 4.69) is 10.2 Å². The third kappa shape index (κ3) is 4.39. The number of nitrogens with zero attached hydrogens (tertiary/aromatic N) is 3. The first-order valence-corrected chi connectivity index (χ1v) is 8.55. The molecule has 1 aromatic heterocycles. The number of aldehydes is 1. The van der Waals surface area contributed by atoms with Gasteiger partial charge in [-0.05, 0) is 56.2 Å². The largest absolute Gasteiger partial charge is 0.487 e. The molecule has 1 aliphatic carbocycles. The maximum atomic E-state index is 12.8. The normalized spacial score (nSPS) is 14.3. The van der Waals surface area contributed by atoms with Crippen LogP contribution in [-0.4, -0.2) is 27.5 Å². The summed E-state index contributed by atoms with van der Waals surface area (Å²) < 4.78 is 44.2. The van der Waals surface area contributed by atoms with Crippen LogP contribution in [0.4, 0.5) is 13.2 Å². The van der Waals surface area contributed by atoms with E-state index in [1.807, 2.05) is 6.92 Å². The number of alkyl halides is 3. The molecule has 146 valence electrons. The summed E-state index contributed by atoms with van der Waals surface area (Å²) >= 11 is 0. The lowest BCUT2D eigenvalue weighted by molar-refractivity contribution is -0.0883. The van der Waals surface area contributed by atoms with E-state index >= 15 is 0 Å². The Morgan fingerprint density at radius 1 is 1.18 bits per heavy atom. The maximum absolute atomic E-state index is 12.8. The van der Waals surface area contributed by atoms with Gasteiger partial charge in [-0.25, -0.2) is 0 Å². The second-order valence-corrected chi connectivity index (χ2v) is 6.30. The molecule has 0 atom stereocenters. The van der Waals surface area contributed by atoms with Gasteiger partial charge in [-0.1, -0.05) is 12.2 Å². The number of hydrogen-bond donors (Lipinski definition) is 0. The molecule has 28 heavy (non-hydrogen) atoms. The fraction of sp³-hybridized carbons (Fsp3) is 0.250. The Hall–Kier alpha value is -3.16. The van der Waals surface area contributed by atoms with E-state index in [1.165, 1.54) is 10.9 Å². The fourth-order valence-electron chi connectivity index (χ4n) is 2.66.